The Morgan fingerprint density at radius 2 is 2.00 bits per heavy atom. The van der Waals surface area contributed by atoms with E-state index in [0.717, 1.165) is 5.75 Å². The lowest BCUT2D eigenvalue weighted by Crippen LogP contribution is -2.00. The normalized spacial score (nSPS) is 9.38. The Morgan fingerprint density at radius 3 is 2.46 bits per heavy atom. The van der Waals surface area contributed by atoms with Gasteiger partial charge in [-0.25, -0.2) is 4.79 Å². The van der Waals surface area contributed by atoms with Gasteiger partial charge in [-0.05, 0) is 46.9 Å². The van der Waals surface area contributed by atoms with Crippen molar-refractivity contribution in [1.82, 2.24) is 0 Å². The van der Waals surface area contributed by atoms with E-state index >= 15 is 0 Å². The molecule has 0 bridgehead atoms. The minimum atomic E-state index is -0.332. The fourth-order valence-corrected chi connectivity index (χ4v) is 1.23. The number of methoxy groups -OCH3 is 1. The zero-order chi connectivity index (χ0) is 9.68. The number of hydrogen-bond acceptors (Lipinski definition) is 3. The number of esters is 1. The van der Waals surface area contributed by atoms with Crippen molar-refractivity contribution in [1.29, 1.82) is 0 Å². The predicted molar refractivity (Wildman–Crippen MR) is 57.3 cm³/mol. The average Bonchev–Trinajstić information content (AvgIpc) is 2.18. The molecule has 3 nitrogen and oxygen atoms in total. The lowest BCUT2D eigenvalue weighted by atomic mass is 10.2. The number of hydrogen-bond donors (Lipinski definition) is 0. The maximum Gasteiger partial charge on any atom is 0.337 e. The Bertz CT molecular complexity index is 281. The van der Waals surface area contributed by atoms with Crippen LogP contribution in [-0.2, 0) is 4.74 Å². The Kier molecular flexibility index (Phi) is 4.01. The second-order valence-corrected chi connectivity index (χ2v) is 2.89. The summed E-state index contributed by atoms with van der Waals surface area (Å²) in [5.41, 5.74) is 0.531. The Morgan fingerprint density at radius 1 is 1.38 bits per heavy atom. The highest BCUT2D eigenvalue weighted by molar-refractivity contribution is 14.1. The molecule has 0 aliphatic heterocycles. The minimum absolute atomic E-state index is 0.332. The summed E-state index contributed by atoms with van der Waals surface area (Å²) in [6, 6.07) is 6.83. The van der Waals surface area contributed by atoms with Gasteiger partial charge in [-0.15, -0.1) is 0 Å². The molecule has 0 saturated heterocycles. The summed E-state index contributed by atoms with van der Waals surface area (Å²) in [6.07, 6.45) is 0. The standard InChI is InChI=1S/C9H9IO3/c1-12-9(11)7-2-4-8(5-3-7)13-6-10/h2-5H,6H2,1H3. The molecule has 0 saturated carbocycles. The molecule has 0 aliphatic rings. The molecule has 0 amide bonds. The summed E-state index contributed by atoms with van der Waals surface area (Å²) >= 11 is 2.11. The molecule has 0 aliphatic carbocycles. The first-order valence-electron chi connectivity index (χ1n) is 3.65. The van der Waals surface area contributed by atoms with Crippen LogP contribution in [0.4, 0.5) is 0 Å². The van der Waals surface area contributed by atoms with Crippen LogP contribution in [0.1, 0.15) is 10.4 Å². The maximum absolute atomic E-state index is 11.0. The summed E-state index contributed by atoms with van der Waals surface area (Å²) in [7, 11) is 1.36. The van der Waals surface area contributed by atoms with Gasteiger partial charge in [-0.1, -0.05) is 0 Å². The van der Waals surface area contributed by atoms with Crippen LogP contribution in [0.25, 0.3) is 0 Å². The van der Waals surface area contributed by atoms with Crippen LogP contribution in [0.3, 0.4) is 0 Å². The molecule has 0 unspecified atom stereocenters. The highest BCUT2D eigenvalue weighted by Gasteiger charge is 2.03. The van der Waals surface area contributed by atoms with E-state index in [1.807, 2.05) is 0 Å². The summed E-state index contributed by atoms with van der Waals surface area (Å²) in [5, 5.41) is 0. The van der Waals surface area contributed by atoms with Crippen LogP contribution in [0.2, 0.25) is 0 Å². The summed E-state index contributed by atoms with van der Waals surface area (Å²) < 4.78 is 10.4. The van der Waals surface area contributed by atoms with Crippen molar-refractivity contribution in [3.05, 3.63) is 29.8 Å². The number of alkyl halides is 1. The summed E-state index contributed by atoms with van der Waals surface area (Å²) in [5.74, 6) is 0.420. The van der Waals surface area contributed by atoms with Crippen molar-refractivity contribution in [2.75, 3.05) is 11.7 Å². The van der Waals surface area contributed by atoms with Crippen LogP contribution < -0.4 is 4.74 Å². The molecular weight excluding hydrogens is 283 g/mol. The monoisotopic (exact) mass is 292 g/mol. The van der Waals surface area contributed by atoms with E-state index in [2.05, 4.69) is 27.3 Å². The Balaban J connectivity index is 2.75. The van der Waals surface area contributed by atoms with Gasteiger partial charge in [0.1, 0.15) is 10.4 Å². The van der Waals surface area contributed by atoms with E-state index < -0.39 is 0 Å². The number of halogens is 1. The molecule has 4 heteroatoms. The van der Waals surface area contributed by atoms with Gasteiger partial charge in [0, 0.05) is 0 Å². The van der Waals surface area contributed by atoms with Crippen molar-refractivity contribution in [2.24, 2.45) is 0 Å². The number of carbonyl (C=O) groups excluding carboxylic acids is 1. The summed E-state index contributed by atoms with van der Waals surface area (Å²) in [6.45, 7) is 0. The van der Waals surface area contributed by atoms with Crippen LogP contribution in [0, 0.1) is 0 Å². The maximum atomic E-state index is 11.0. The zero-order valence-corrected chi connectivity index (χ0v) is 9.28. The van der Waals surface area contributed by atoms with Gasteiger partial charge in [0.2, 0.25) is 0 Å². The molecule has 70 valence electrons. The third-order valence-electron chi connectivity index (χ3n) is 1.50. The second-order valence-electron chi connectivity index (χ2n) is 2.27. The topological polar surface area (TPSA) is 35.5 Å². The van der Waals surface area contributed by atoms with Gasteiger partial charge >= 0.3 is 5.97 Å². The molecule has 1 rings (SSSR count). The first-order valence-corrected chi connectivity index (χ1v) is 5.17. The van der Waals surface area contributed by atoms with Crippen LogP contribution in [-0.4, -0.2) is 17.7 Å². The molecule has 0 aromatic heterocycles. The fraction of sp³-hybridized carbons (Fsp3) is 0.222. The molecule has 0 radical (unpaired) electrons. The van der Waals surface area contributed by atoms with Crippen molar-refractivity contribution < 1.29 is 14.3 Å². The smallest absolute Gasteiger partial charge is 0.337 e. The van der Waals surface area contributed by atoms with Gasteiger partial charge in [0.05, 0.1) is 12.7 Å². The zero-order valence-electron chi connectivity index (χ0n) is 7.12. The number of benzene rings is 1. The predicted octanol–water partition coefficient (Wildman–Crippen LogP) is 2.24. The van der Waals surface area contributed by atoms with Gasteiger partial charge in [0.25, 0.3) is 0 Å². The molecule has 0 fully saturated rings. The van der Waals surface area contributed by atoms with E-state index in [1.165, 1.54) is 7.11 Å². The lowest BCUT2D eigenvalue weighted by molar-refractivity contribution is 0.0600. The molecule has 1 aromatic rings. The van der Waals surface area contributed by atoms with E-state index in [0.29, 0.717) is 10.2 Å². The largest absolute Gasteiger partial charge is 0.483 e. The Hall–Kier alpha value is -0.780. The number of carbonyl (C=O) groups is 1. The van der Waals surface area contributed by atoms with Crippen molar-refractivity contribution in [3.8, 4) is 5.75 Å². The molecule has 13 heavy (non-hydrogen) atoms. The van der Waals surface area contributed by atoms with Gasteiger partial charge in [-0.3, -0.25) is 0 Å². The van der Waals surface area contributed by atoms with Crippen LogP contribution in [0.5, 0.6) is 5.75 Å². The third-order valence-corrected chi connectivity index (χ3v) is 1.81. The molecular formula is C9H9IO3. The number of ether oxygens (including phenoxy) is 2. The van der Waals surface area contributed by atoms with E-state index in [1.54, 1.807) is 24.3 Å². The lowest BCUT2D eigenvalue weighted by Gasteiger charge is -2.02. The van der Waals surface area contributed by atoms with Crippen molar-refractivity contribution in [2.45, 2.75) is 0 Å². The summed E-state index contributed by atoms with van der Waals surface area (Å²) in [4.78, 5) is 11.0. The van der Waals surface area contributed by atoms with Gasteiger partial charge in [-0.2, -0.15) is 0 Å². The van der Waals surface area contributed by atoms with E-state index in [9.17, 15) is 4.79 Å². The molecule has 0 N–H and O–H groups in total. The van der Waals surface area contributed by atoms with Gasteiger partial charge < -0.3 is 9.47 Å². The third kappa shape index (κ3) is 2.87. The Labute approximate surface area is 90.2 Å². The molecule has 0 atom stereocenters. The molecule has 0 heterocycles. The average molecular weight is 292 g/mol. The van der Waals surface area contributed by atoms with Gasteiger partial charge in [0.15, 0.2) is 0 Å². The SMILES string of the molecule is COC(=O)c1ccc(OCI)cc1. The first-order chi connectivity index (χ1) is 6.27. The van der Waals surface area contributed by atoms with Crippen LogP contribution >= 0.6 is 22.6 Å². The van der Waals surface area contributed by atoms with Crippen molar-refractivity contribution in [3.63, 3.8) is 0 Å². The fourth-order valence-electron chi connectivity index (χ4n) is 0.868. The first kappa shape index (κ1) is 10.3. The van der Waals surface area contributed by atoms with Crippen LogP contribution in [0.15, 0.2) is 24.3 Å². The number of rotatable bonds is 3. The molecule has 0 spiro atoms. The second kappa shape index (κ2) is 5.06. The highest BCUT2D eigenvalue weighted by Crippen LogP contribution is 2.13. The van der Waals surface area contributed by atoms with Crippen molar-refractivity contribution >= 4 is 28.6 Å². The van der Waals surface area contributed by atoms with E-state index in [4.69, 9.17) is 4.74 Å². The highest BCUT2D eigenvalue weighted by atomic mass is 127. The van der Waals surface area contributed by atoms with E-state index in [-0.39, 0.29) is 5.97 Å². The quantitative estimate of drug-likeness (QED) is 0.487. The minimum Gasteiger partial charge on any atom is -0.483 e. The molecule has 1 aromatic carbocycles.